The molecule has 1 fully saturated rings. The molecule has 2 aliphatic rings. The maximum atomic E-state index is 12.7. The van der Waals surface area contributed by atoms with Crippen molar-refractivity contribution in [3.63, 3.8) is 0 Å². The van der Waals surface area contributed by atoms with E-state index >= 15 is 0 Å². The number of hydrogen-bond acceptors (Lipinski definition) is 3. The third kappa shape index (κ3) is 4.44. The zero-order chi connectivity index (χ0) is 21.9. The summed E-state index contributed by atoms with van der Waals surface area (Å²) in [5.74, 6) is 0.641. The van der Waals surface area contributed by atoms with Crippen molar-refractivity contribution in [2.75, 3.05) is 16.0 Å². The molecule has 0 radical (unpaired) electrons. The molecule has 0 saturated carbocycles. The fourth-order valence-corrected chi connectivity index (χ4v) is 5.69. The van der Waals surface area contributed by atoms with Crippen LogP contribution in [-0.2, 0) is 28.9 Å². The Morgan fingerprint density at radius 2 is 1.75 bits per heavy atom. The molecule has 3 aromatic rings. The van der Waals surface area contributed by atoms with E-state index < -0.39 is 0 Å². The number of aryl methyl sites for hydroxylation is 3. The second-order valence-electron chi connectivity index (χ2n) is 8.39. The second-order valence-corrected chi connectivity index (χ2v) is 9.46. The first-order valence-electron chi connectivity index (χ1n) is 11.2. The molecule has 1 aliphatic heterocycles. The largest absolute Gasteiger partial charge is 0.326 e. The summed E-state index contributed by atoms with van der Waals surface area (Å²) in [5.41, 5.74) is 6.79. The van der Waals surface area contributed by atoms with Gasteiger partial charge >= 0.3 is 0 Å². The van der Waals surface area contributed by atoms with Gasteiger partial charge in [-0.25, -0.2) is 0 Å². The van der Waals surface area contributed by atoms with Crippen LogP contribution < -0.4 is 10.2 Å². The van der Waals surface area contributed by atoms with Gasteiger partial charge in [-0.15, -0.1) is 11.8 Å². The number of rotatable bonds is 6. The lowest BCUT2D eigenvalue weighted by Gasteiger charge is -2.25. The van der Waals surface area contributed by atoms with E-state index in [0.717, 1.165) is 41.8 Å². The smallest absolute Gasteiger partial charge is 0.238 e. The predicted octanol–water partition coefficient (Wildman–Crippen LogP) is 5.53. The normalized spacial score (nSPS) is 17.4. The van der Waals surface area contributed by atoms with Crippen molar-refractivity contribution in [1.82, 2.24) is 0 Å². The Balaban J connectivity index is 1.25. The molecular formula is C27H26N2O2S. The summed E-state index contributed by atoms with van der Waals surface area (Å²) in [6.07, 6.45) is 4.61. The average Bonchev–Trinajstić information content (AvgIpc) is 3.45. The standard InChI is InChI=1S/C27H26N2O2S/c30-25(16-9-19-5-2-1-3-6-19)28-23-13-10-21(11-14-23)27-29(26(31)18-32-27)24-15-12-20-7-4-8-22(20)17-24/h1-3,5-6,10-15,17,27H,4,7-9,16,18H2,(H,28,30)/t27-/m0/s1. The van der Waals surface area contributed by atoms with Crippen molar-refractivity contribution >= 4 is 35.0 Å². The van der Waals surface area contributed by atoms with Gasteiger partial charge in [-0.05, 0) is 72.2 Å². The summed E-state index contributed by atoms with van der Waals surface area (Å²) in [6, 6.07) is 24.4. The lowest BCUT2D eigenvalue weighted by Crippen LogP contribution is -2.27. The minimum atomic E-state index is -0.0372. The fourth-order valence-electron chi connectivity index (χ4n) is 4.51. The van der Waals surface area contributed by atoms with Crippen molar-refractivity contribution in [2.45, 2.75) is 37.5 Å². The molecule has 32 heavy (non-hydrogen) atoms. The molecule has 1 heterocycles. The van der Waals surface area contributed by atoms with Gasteiger partial charge in [0.25, 0.3) is 0 Å². The quantitative estimate of drug-likeness (QED) is 0.546. The third-order valence-electron chi connectivity index (χ3n) is 6.19. The number of anilines is 2. The Morgan fingerprint density at radius 1 is 0.969 bits per heavy atom. The van der Waals surface area contributed by atoms with Crippen LogP contribution in [-0.4, -0.2) is 17.6 Å². The number of amides is 2. The Morgan fingerprint density at radius 3 is 2.56 bits per heavy atom. The molecule has 1 saturated heterocycles. The molecule has 0 aromatic heterocycles. The molecule has 3 aromatic carbocycles. The van der Waals surface area contributed by atoms with E-state index in [0.29, 0.717) is 12.2 Å². The Labute approximate surface area is 193 Å². The van der Waals surface area contributed by atoms with Crippen LogP contribution in [0.4, 0.5) is 11.4 Å². The van der Waals surface area contributed by atoms with E-state index in [1.54, 1.807) is 11.8 Å². The van der Waals surface area contributed by atoms with Gasteiger partial charge in [-0.3, -0.25) is 14.5 Å². The van der Waals surface area contributed by atoms with Crippen molar-refractivity contribution in [3.8, 4) is 0 Å². The van der Waals surface area contributed by atoms with Crippen molar-refractivity contribution in [1.29, 1.82) is 0 Å². The summed E-state index contributed by atoms with van der Waals surface area (Å²) in [7, 11) is 0. The minimum Gasteiger partial charge on any atom is -0.326 e. The summed E-state index contributed by atoms with van der Waals surface area (Å²) < 4.78 is 0. The number of thioether (sulfide) groups is 1. The van der Waals surface area contributed by atoms with Gasteiger partial charge in [0.15, 0.2) is 0 Å². The highest BCUT2D eigenvalue weighted by molar-refractivity contribution is 8.00. The average molecular weight is 443 g/mol. The number of carbonyl (C=O) groups is 2. The van der Waals surface area contributed by atoms with Crippen LogP contribution in [0.5, 0.6) is 0 Å². The molecule has 1 atom stereocenters. The number of fused-ring (bicyclic) bond motifs is 1. The first-order chi connectivity index (χ1) is 15.7. The Hall–Kier alpha value is -3.05. The van der Waals surface area contributed by atoms with Crippen LogP contribution in [0.3, 0.4) is 0 Å². The molecule has 1 N–H and O–H groups in total. The van der Waals surface area contributed by atoms with Gasteiger partial charge in [0.1, 0.15) is 5.37 Å². The van der Waals surface area contributed by atoms with Gasteiger partial charge in [0, 0.05) is 17.8 Å². The summed E-state index contributed by atoms with van der Waals surface area (Å²) in [6.45, 7) is 0. The van der Waals surface area contributed by atoms with Crippen LogP contribution in [0, 0.1) is 0 Å². The summed E-state index contributed by atoms with van der Waals surface area (Å²) in [5, 5.41) is 2.95. The van der Waals surface area contributed by atoms with E-state index in [2.05, 4.69) is 23.5 Å². The molecule has 0 bridgehead atoms. The van der Waals surface area contributed by atoms with Crippen LogP contribution >= 0.6 is 11.8 Å². The van der Waals surface area contributed by atoms with E-state index in [4.69, 9.17) is 0 Å². The maximum Gasteiger partial charge on any atom is 0.238 e. The summed E-state index contributed by atoms with van der Waals surface area (Å²) in [4.78, 5) is 27.0. The molecule has 1 aliphatic carbocycles. The second kappa shape index (κ2) is 9.21. The molecule has 0 spiro atoms. The van der Waals surface area contributed by atoms with Crippen LogP contribution in [0.15, 0.2) is 72.8 Å². The van der Waals surface area contributed by atoms with Gasteiger partial charge in [0.2, 0.25) is 11.8 Å². The number of benzene rings is 3. The zero-order valence-electron chi connectivity index (χ0n) is 17.9. The highest BCUT2D eigenvalue weighted by Gasteiger charge is 2.34. The Bertz CT molecular complexity index is 1130. The molecule has 162 valence electrons. The highest BCUT2D eigenvalue weighted by atomic mass is 32.2. The van der Waals surface area contributed by atoms with Gasteiger partial charge < -0.3 is 5.32 Å². The van der Waals surface area contributed by atoms with E-state index in [-0.39, 0.29) is 17.2 Å². The molecule has 0 unspecified atom stereocenters. The monoisotopic (exact) mass is 442 g/mol. The van der Waals surface area contributed by atoms with E-state index in [1.165, 1.54) is 17.5 Å². The van der Waals surface area contributed by atoms with Crippen LogP contribution in [0.1, 0.15) is 40.5 Å². The third-order valence-corrected chi connectivity index (χ3v) is 7.40. The maximum absolute atomic E-state index is 12.7. The van der Waals surface area contributed by atoms with E-state index in [1.807, 2.05) is 59.5 Å². The highest BCUT2D eigenvalue weighted by Crippen LogP contribution is 2.42. The predicted molar refractivity (Wildman–Crippen MR) is 131 cm³/mol. The first-order valence-corrected chi connectivity index (χ1v) is 12.2. The number of nitrogens with one attached hydrogen (secondary N) is 1. The van der Waals surface area contributed by atoms with Gasteiger partial charge in [0.05, 0.1) is 5.75 Å². The number of nitrogens with zero attached hydrogens (tertiary/aromatic N) is 1. The van der Waals surface area contributed by atoms with Crippen molar-refractivity contribution < 1.29 is 9.59 Å². The Kier molecular flexibility index (Phi) is 5.99. The topological polar surface area (TPSA) is 49.4 Å². The molecule has 5 heteroatoms. The van der Waals surface area contributed by atoms with Gasteiger partial charge in [-0.2, -0.15) is 0 Å². The molecule has 2 amide bonds. The molecule has 4 nitrogen and oxygen atoms in total. The number of carbonyl (C=O) groups excluding carboxylic acids is 2. The first kappa shape index (κ1) is 20.8. The fraction of sp³-hybridized carbons (Fsp3) is 0.259. The van der Waals surface area contributed by atoms with Crippen molar-refractivity contribution in [3.05, 3.63) is 95.1 Å². The summed E-state index contributed by atoms with van der Waals surface area (Å²) >= 11 is 1.65. The van der Waals surface area contributed by atoms with Gasteiger partial charge in [-0.1, -0.05) is 48.5 Å². The minimum absolute atomic E-state index is 0.00629. The van der Waals surface area contributed by atoms with Crippen molar-refractivity contribution in [2.24, 2.45) is 0 Å². The van der Waals surface area contributed by atoms with Crippen LogP contribution in [0.2, 0.25) is 0 Å². The molecular weight excluding hydrogens is 416 g/mol. The SMILES string of the molecule is O=C(CCc1ccccc1)Nc1ccc([C@@H]2SCC(=O)N2c2ccc3c(c2)CCC3)cc1. The zero-order valence-corrected chi connectivity index (χ0v) is 18.7. The van der Waals surface area contributed by atoms with E-state index in [9.17, 15) is 9.59 Å². The lowest BCUT2D eigenvalue weighted by atomic mass is 10.1. The molecule has 5 rings (SSSR count). The number of hydrogen-bond donors (Lipinski definition) is 1. The van der Waals surface area contributed by atoms with Crippen LogP contribution in [0.25, 0.3) is 0 Å². The lowest BCUT2D eigenvalue weighted by molar-refractivity contribution is -0.116.